The summed E-state index contributed by atoms with van der Waals surface area (Å²) in [4.78, 5) is 29.1. The summed E-state index contributed by atoms with van der Waals surface area (Å²) in [6.07, 6.45) is 1.52. The first-order chi connectivity index (χ1) is 8.10. The first-order valence-corrected chi connectivity index (χ1v) is 4.95. The first-order valence-electron chi connectivity index (χ1n) is 4.95. The zero-order valence-electron chi connectivity index (χ0n) is 9.40. The van der Waals surface area contributed by atoms with Gasteiger partial charge in [-0.25, -0.2) is 9.78 Å². The van der Waals surface area contributed by atoms with Gasteiger partial charge in [0.15, 0.2) is 0 Å². The minimum absolute atomic E-state index is 0.171. The Balaban J connectivity index is 2.40. The Hall–Kier alpha value is -2.37. The third-order valence-electron chi connectivity index (χ3n) is 2.20. The fraction of sp³-hybridized carbons (Fsp3) is 0.182. The molecule has 2 rings (SSSR count). The summed E-state index contributed by atoms with van der Waals surface area (Å²) >= 11 is 0. The van der Waals surface area contributed by atoms with E-state index in [2.05, 4.69) is 20.0 Å². The molecule has 1 amide bonds. The van der Waals surface area contributed by atoms with Gasteiger partial charge >= 0.3 is 5.97 Å². The van der Waals surface area contributed by atoms with E-state index in [1.807, 2.05) is 0 Å². The van der Waals surface area contributed by atoms with E-state index in [-0.39, 0.29) is 5.91 Å². The maximum atomic E-state index is 11.3. The molecule has 0 aromatic carbocycles. The van der Waals surface area contributed by atoms with E-state index >= 15 is 0 Å². The number of amides is 1. The van der Waals surface area contributed by atoms with Gasteiger partial charge in [0, 0.05) is 12.3 Å². The van der Waals surface area contributed by atoms with Crippen molar-refractivity contribution in [1.29, 1.82) is 0 Å². The van der Waals surface area contributed by atoms with Crippen LogP contribution < -0.4 is 5.32 Å². The molecule has 0 saturated carbocycles. The molecule has 0 aliphatic rings. The highest BCUT2D eigenvalue weighted by atomic mass is 16.5. The predicted molar refractivity (Wildman–Crippen MR) is 61.7 cm³/mol. The molecule has 2 aromatic rings. The van der Waals surface area contributed by atoms with Gasteiger partial charge in [0.2, 0.25) is 5.91 Å². The third-order valence-corrected chi connectivity index (χ3v) is 2.20. The van der Waals surface area contributed by atoms with Crippen molar-refractivity contribution in [3.63, 3.8) is 0 Å². The predicted octanol–water partition coefficient (Wildman–Crippen LogP) is 1.31. The van der Waals surface area contributed by atoms with Gasteiger partial charge in [-0.15, -0.1) is 0 Å². The van der Waals surface area contributed by atoms with Gasteiger partial charge in [0.1, 0.15) is 11.3 Å². The molecule has 0 unspecified atom stereocenters. The second-order valence-corrected chi connectivity index (χ2v) is 3.52. The van der Waals surface area contributed by atoms with Crippen LogP contribution in [0.25, 0.3) is 11.0 Å². The van der Waals surface area contributed by atoms with Gasteiger partial charge in [-0.3, -0.25) is 4.79 Å². The van der Waals surface area contributed by atoms with Crippen LogP contribution in [0.1, 0.15) is 17.4 Å². The quantitative estimate of drug-likeness (QED) is 0.766. The summed E-state index contributed by atoms with van der Waals surface area (Å²) in [5, 5.41) is 3.35. The minimum atomic E-state index is -0.455. The monoisotopic (exact) mass is 233 g/mol. The van der Waals surface area contributed by atoms with Crippen molar-refractivity contribution in [2.45, 2.75) is 6.92 Å². The van der Waals surface area contributed by atoms with Crippen LogP contribution >= 0.6 is 0 Å². The van der Waals surface area contributed by atoms with Gasteiger partial charge in [-0.05, 0) is 12.1 Å². The second-order valence-electron chi connectivity index (χ2n) is 3.52. The zero-order valence-corrected chi connectivity index (χ0v) is 9.40. The van der Waals surface area contributed by atoms with Crippen LogP contribution in [0.3, 0.4) is 0 Å². The number of H-pyrrole nitrogens is 1. The van der Waals surface area contributed by atoms with Crippen LogP contribution in [0.5, 0.6) is 0 Å². The summed E-state index contributed by atoms with van der Waals surface area (Å²) in [5.74, 6) is -0.626. The highest BCUT2D eigenvalue weighted by molar-refractivity contribution is 5.95. The van der Waals surface area contributed by atoms with E-state index in [9.17, 15) is 9.59 Å². The number of anilines is 1. The maximum Gasteiger partial charge on any atom is 0.354 e. The van der Waals surface area contributed by atoms with E-state index in [1.165, 1.54) is 20.2 Å². The summed E-state index contributed by atoms with van der Waals surface area (Å²) in [6.45, 7) is 1.42. The van der Waals surface area contributed by atoms with Crippen molar-refractivity contribution in [2.75, 3.05) is 12.4 Å². The number of pyridine rings is 1. The number of methoxy groups -OCH3 is 1. The molecule has 0 atom stereocenters. The largest absolute Gasteiger partial charge is 0.464 e. The van der Waals surface area contributed by atoms with Crippen molar-refractivity contribution in [2.24, 2.45) is 0 Å². The van der Waals surface area contributed by atoms with E-state index in [0.717, 1.165) is 5.39 Å². The minimum Gasteiger partial charge on any atom is -0.464 e. The lowest BCUT2D eigenvalue weighted by Crippen LogP contribution is -2.05. The number of fused-ring (bicyclic) bond motifs is 1. The molecule has 0 aliphatic heterocycles. The summed E-state index contributed by atoms with van der Waals surface area (Å²) < 4.78 is 4.59. The number of esters is 1. The molecular weight excluding hydrogens is 222 g/mol. The topological polar surface area (TPSA) is 84.1 Å². The number of ether oxygens (including phenoxy) is 1. The normalized spacial score (nSPS) is 10.2. The lowest BCUT2D eigenvalue weighted by molar-refractivity contribution is -0.114. The number of hydrogen-bond donors (Lipinski definition) is 2. The van der Waals surface area contributed by atoms with Crippen LogP contribution in [0.15, 0.2) is 18.3 Å². The summed E-state index contributed by atoms with van der Waals surface area (Å²) in [6, 6.07) is 3.35. The van der Waals surface area contributed by atoms with Crippen LogP contribution in [0.4, 0.5) is 5.69 Å². The molecule has 2 heterocycles. The number of nitrogens with one attached hydrogen (secondary N) is 2. The van der Waals surface area contributed by atoms with Gasteiger partial charge in [0.25, 0.3) is 0 Å². The molecule has 0 fully saturated rings. The fourth-order valence-electron chi connectivity index (χ4n) is 1.51. The molecule has 88 valence electrons. The molecule has 2 N–H and O–H groups in total. The smallest absolute Gasteiger partial charge is 0.354 e. The van der Waals surface area contributed by atoms with Gasteiger partial charge in [-0.2, -0.15) is 0 Å². The highest BCUT2D eigenvalue weighted by Gasteiger charge is 2.10. The molecule has 0 radical (unpaired) electrons. The number of aromatic nitrogens is 2. The van der Waals surface area contributed by atoms with Crippen LogP contribution in [-0.4, -0.2) is 29.0 Å². The van der Waals surface area contributed by atoms with Crippen molar-refractivity contribution < 1.29 is 14.3 Å². The van der Waals surface area contributed by atoms with Crippen LogP contribution in [0.2, 0.25) is 0 Å². The average Bonchev–Trinajstić information content (AvgIpc) is 2.70. The maximum absolute atomic E-state index is 11.3. The first kappa shape index (κ1) is 11.1. The Morgan fingerprint density at radius 2 is 2.18 bits per heavy atom. The number of carbonyl (C=O) groups excluding carboxylic acids is 2. The van der Waals surface area contributed by atoms with Crippen LogP contribution in [-0.2, 0) is 9.53 Å². The van der Waals surface area contributed by atoms with Gasteiger partial charge in [0.05, 0.1) is 19.0 Å². The second kappa shape index (κ2) is 4.25. The zero-order chi connectivity index (χ0) is 12.4. The molecule has 6 nitrogen and oxygen atoms in total. The molecule has 6 heteroatoms. The van der Waals surface area contributed by atoms with Crippen LogP contribution in [0, 0.1) is 0 Å². The molecule has 0 aliphatic carbocycles. The van der Waals surface area contributed by atoms with Gasteiger partial charge < -0.3 is 15.0 Å². The molecule has 0 spiro atoms. The van der Waals surface area contributed by atoms with E-state index in [0.29, 0.717) is 17.0 Å². The summed E-state index contributed by atoms with van der Waals surface area (Å²) in [7, 11) is 1.31. The number of carbonyl (C=O) groups is 2. The van der Waals surface area contributed by atoms with Crippen molar-refractivity contribution >= 4 is 28.6 Å². The van der Waals surface area contributed by atoms with Crippen molar-refractivity contribution in [1.82, 2.24) is 9.97 Å². The Labute approximate surface area is 97.0 Å². The lowest BCUT2D eigenvalue weighted by Gasteiger charge is -1.99. The highest BCUT2D eigenvalue weighted by Crippen LogP contribution is 2.18. The van der Waals surface area contributed by atoms with E-state index < -0.39 is 5.97 Å². The Kier molecular flexibility index (Phi) is 2.78. The molecule has 0 saturated heterocycles. The lowest BCUT2D eigenvalue weighted by atomic mass is 10.3. The third kappa shape index (κ3) is 2.25. The molecule has 0 bridgehead atoms. The molecular formula is C11H11N3O3. The standard InChI is InChI=1S/C11H11N3O3/c1-6(15)13-8-3-7-4-9(11(16)17-2)14-10(7)12-5-8/h3-5H,1-2H3,(H,12,14)(H,13,15). The van der Waals surface area contributed by atoms with E-state index in [4.69, 9.17) is 0 Å². The SMILES string of the molecule is COC(=O)c1cc2cc(NC(C)=O)cnc2[nH]1. The number of nitrogens with zero attached hydrogens (tertiary/aromatic N) is 1. The number of rotatable bonds is 2. The average molecular weight is 233 g/mol. The van der Waals surface area contributed by atoms with Gasteiger partial charge in [-0.1, -0.05) is 0 Å². The fourth-order valence-corrected chi connectivity index (χ4v) is 1.51. The Morgan fingerprint density at radius 3 is 2.82 bits per heavy atom. The summed E-state index contributed by atoms with van der Waals surface area (Å²) in [5.41, 5.74) is 1.48. The van der Waals surface area contributed by atoms with Crippen molar-refractivity contribution in [3.8, 4) is 0 Å². The Bertz CT molecular complexity index is 589. The number of aromatic amines is 1. The van der Waals surface area contributed by atoms with E-state index in [1.54, 1.807) is 12.1 Å². The molecule has 17 heavy (non-hydrogen) atoms. The molecule has 2 aromatic heterocycles. The van der Waals surface area contributed by atoms with Crippen molar-refractivity contribution in [3.05, 3.63) is 24.0 Å². The Morgan fingerprint density at radius 1 is 1.41 bits per heavy atom. The number of hydrogen-bond acceptors (Lipinski definition) is 4.